The fourth-order valence-corrected chi connectivity index (χ4v) is 5.38. The minimum atomic E-state index is 0.183. The first-order valence-electron chi connectivity index (χ1n) is 11.1. The maximum absolute atomic E-state index is 5.15. The molecule has 1 aliphatic heterocycles. The molecular formula is C26H27N5S. The molecule has 0 saturated carbocycles. The van der Waals surface area contributed by atoms with Gasteiger partial charge >= 0.3 is 0 Å². The van der Waals surface area contributed by atoms with Gasteiger partial charge in [0.2, 0.25) is 0 Å². The maximum Gasteiger partial charge on any atom is 0.186 e. The van der Waals surface area contributed by atoms with Crippen LogP contribution in [0.3, 0.4) is 0 Å². The Morgan fingerprint density at radius 2 is 1.81 bits per heavy atom. The SMILES string of the molecule is Cc1cccc(-c2nc(N3CCNCC3)sc2-c2ncncc2[C@@H](C)c2ccccc2)c1. The van der Waals surface area contributed by atoms with Gasteiger partial charge in [0.05, 0.1) is 16.3 Å². The van der Waals surface area contributed by atoms with Crippen molar-refractivity contribution in [3.63, 3.8) is 0 Å². The van der Waals surface area contributed by atoms with Crippen molar-refractivity contribution in [3.8, 4) is 21.8 Å². The summed E-state index contributed by atoms with van der Waals surface area (Å²) in [6.07, 6.45) is 3.62. The fraction of sp³-hybridized carbons (Fsp3) is 0.269. The number of hydrogen-bond acceptors (Lipinski definition) is 6. The number of hydrogen-bond donors (Lipinski definition) is 1. The number of anilines is 1. The third kappa shape index (κ3) is 4.16. The van der Waals surface area contributed by atoms with E-state index in [2.05, 4.69) is 83.6 Å². The predicted octanol–water partition coefficient (Wildman–Crippen LogP) is 5.14. The summed E-state index contributed by atoms with van der Waals surface area (Å²) < 4.78 is 0. The van der Waals surface area contributed by atoms with E-state index in [1.54, 1.807) is 17.7 Å². The molecule has 0 bridgehead atoms. The van der Waals surface area contributed by atoms with E-state index in [9.17, 15) is 0 Å². The summed E-state index contributed by atoms with van der Waals surface area (Å²) in [5.74, 6) is 0.183. The molecule has 0 amide bonds. The second-order valence-electron chi connectivity index (χ2n) is 8.24. The second-order valence-corrected chi connectivity index (χ2v) is 9.22. The highest BCUT2D eigenvalue weighted by atomic mass is 32.1. The molecule has 5 rings (SSSR count). The summed E-state index contributed by atoms with van der Waals surface area (Å²) in [6, 6.07) is 19.1. The van der Waals surface area contributed by atoms with Crippen LogP contribution in [0.2, 0.25) is 0 Å². The highest BCUT2D eigenvalue weighted by Gasteiger charge is 2.24. The van der Waals surface area contributed by atoms with Crippen LogP contribution >= 0.6 is 11.3 Å². The Morgan fingerprint density at radius 3 is 2.59 bits per heavy atom. The highest BCUT2D eigenvalue weighted by molar-refractivity contribution is 7.19. The lowest BCUT2D eigenvalue weighted by atomic mass is 9.92. The molecule has 0 aliphatic carbocycles. The summed E-state index contributed by atoms with van der Waals surface area (Å²) in [5.41, 5.74) is 6.73. The summed E-state index contributed by atoms with van der Waals surface area (Å²) >= 11 is 1.74. The van der Waals surface area contributed by atoms with Gasteiger partial charge in [-0.05, 0) is 18.6 Å². The Kier molecular flexibility index (Phi) is 5.97. The molecule has 162 valence electrons. The van der Waals surface area contributed by atoms with E-state index in [1.165, 1.54) is 11.1 Å². The van der Waals surface area contributed by atoms with Crippen LogP contribution in [0.5, 0.6) is 0 Å². The Morgan fingerprint density at radius 1 is 1.00 bits per heavy atom. The largest absolute Gasteiger partial charge is 0.346 e. The van der Waals surface area contributed by atoms with Gasteiger partial charge in [0.1, 0.15) is 6.33 Å². The summed E-state index contributed by atoms with van der Waals surface area (Å²) in [6.45, 7) is 8.26. The molecule has 2 aromatic heterocycles. The summed E-state index contributed by atoms with van der Waals surface area (Å²) in [5, 5.41) is 4.50. The second kappa shape index (κ2) is 9.18. The van der Waals surface area contributed by atoms with Gasteiger partial charge in [-0.15, -0.1) is 0 Å². The van der Waals surface area contributed by atoms with Gasteiger partial charge in [0.25, 0.3) is 0 Å². The van der Waals surface area contributed by atoms with Crippen molar-refractivity contribution in [3.05, 3.63) is 83.8 Å². The number of rotatable bonds is 5. The molecule has 1 saturated heterocycles. The van der Waals surface area contributed by atoms with Crippen molar-refractivity contribution in [1.29, 1.82) is 0 Å². The summed E-state index contributed by atoms with van der Waals surface area (Å²) in [7, 11) is 0. The van der Waals surface area contributed by atoms with Gasteiger partial charge in [-0.25, -0.2) is 15.0 Å². The molecule has 0 spiro atoms. The molecule has 6 heteroatoms. The van der Waals surface area contributed by atoms with Gasteiger partial charge in [0.15, 0.2) is 5.13 Å². The number of aryl methyl sites for hydroxylation is 1. The van der Waals surface area contributed by atoms with E-state index in [1.807, 2.05) is 6.20 Å². The minimum absolute atomic E-state index is 0.183. The van der Waals surface area contributed by atoms with Crippen molar-refractivity contribution in [2.75, 3.05) is 31.1 Å². The first-order valence-corrected chi connectivity index (χ1v) is 11.9. The van der Waals surface area contributed by atoms with Crippen LogP contribution in [0, 0.1) is 6.92 Å². The average molecular weight is 442 g/mol. The van der Waals surface area contributed by atoms with Gasteiger partial charge in [0, 0.05) is 49.4 Å². The number of piperazine rings is 1. The molecule has 2 aromatic carbocycles. The monoisotopic (exact) mass is 441 g/mol. The third-order valence-corrected chi connectivity index (χ3v) is 7.14. The standard InChI is InChI=1S/C26H27N5S/c1-18-7-6-10-21(15-18)23-25(32-26(30-23)31-13-11-27-12-14-31)24-22(16-28-17-29-24)19(2)20-8-4-3-5-9-20/h3-10,15-17,19,27H,11-14H2,1-2H3/t19-/m0/s1. The molecule has 1 fully saturated rings. The smallest absolute Gasteiger partial charge is 0.186 e. The number of thiazole rings is 1. The molecule has 1 atom stereocenters. The zero-order valence-electron chi connectivity index (χ0n) is 18.5. The number of benzene rings is 2. The molecular weight excluding hydrogens is 414 g/mol. The van der Waals surface area contributed by atoms with E-state index in [0.29, 0.717) is 0 Å². The fourth-order valence-electron chi connectivity index (χ4n) is 4.22. The van der Waals surface area contributed by atoms with E-state index in [4.69, 9.17) is 9.97 Å². The minimum Gasteiger partial charge on any atom is -0.346 e. The molecule has 1 N–H and O–H groups in total. The average Bonchev–Trinajstić information content (AvgIpc) is 3.30. The van der Waals surface area contributed by atoms with E-state index >= 15 is 0 Å². The lowest BCUT2D eigenvalue weighted by Gasteiger charge is -2.26. The highest BCUT2D eigenvalue weighted by Crippen LogP contribution is 2.43. The molecule has 32 heavy (non-hydrogen) atoms. The molecule has 0 radical (unpaired) electrons. The molecule has 3 heterocycles. The van der Waals surface area contributed by atoms with Crippen molar-refractivity contribution >= 4 is 16.5 Å². The van der Waals surface area contributed by atoms with Crippen molar-refractivity contribution in [2.45, 2.75) is 19.8 Å². The van der Waals surface area contributed by atoms with Gasteiger partial charge in [-0.3, -0.25) is 0 Å². The number of aromatic nitrogens is 3. The topological polar surface area (TPSA) is 53.9 Å². The van der Waals surface area contributed by atoms with Gasteiger partial charge < -0.3 is 10.2 Å². The van der Waals surface area contributed by atoms with E-state index in [-0.39, 0.29) is 5.92 Å². The van der Waals surface area contributed by atoms with Crippen LogP contribution in [0.15, 0.2) is 67.1 Å². The number of nitrogens with one attached hydrogen (secondary N) is 1. The summed E-state index contributed by atoms with van der Waals surface area (Å²) in [4.78, 5) is 17.8. The zero-order valence-corrected chi connectivity index (χ0v) is 19.3. The normalized spacial score (nSPS) is 15.0. The van der Waals surface area contributed by atoms with Crippen LogP contribution in [0.4, 0.5) is 5.13 Å². The van der Waals surface area contributed by atoms with Crippen molar-refractivity contribution < 1.29 is 0 Å². The third-order valence-electron chi connectivity index (χ3n) is 6.02. The Labute approximate surface area is 193 Å². The Hall–Kier alpha value is -3.09. The lowest BCUT2D eigenvalue weighted by molar-refractivity contribution is 0.588. The number of nitrogens with zero attached hydrogens (tertiary/aromatic N) is 4. The lowest BCUT2D eigenvalue weighted by Crippen LogP contribution is -2.43. The Bertz CT molecular complexity index is 1200. The predicted molar refractivity (Wildman–Crippen MR) is 132 cm³/mol. The van der Waals surface area contributed by atoms with Gasteiger partial charge in [-0.1, -0.05) is 72.4 Å². The van der Waals surface area contributed by atoms with Crippen LogP contribution in [-0.2, 0) is 0 Å². The van der Waals surface area contributed by atoms with Crippen molar-refractivity contribution in [2.24, 2.45) is 0 Å². The first kappa shape index (κ1) is 20.8. The van der Waals surface area contributed by atoms with Crippen LogP contribution in [-0.4, -0.2) is 41.1 Å². The van der Waals surface area contributed by atoms with E-state index < -0.39 is 0 Å². The molecule has 0 unspecified atom stereocenters. The molecule has 1 aliphatic rings. The van der Waals surface area contributed by atoms with Crippen LogP contribution in [0.1, 0.15) is 29.5 Å². The van der Waals surface area contributed by atoms with Gasteiger partial charge in [-0.2, -0.15) is 0 Å². The van der Waals surface area contributed by atoms with Crippen LogP contribution < -0.4 is 10.2 Å². The van der Waals surface area contributed by atoms with E-state index in [0.717, 1.165) is 58.7 Å². The quantitative estimate of drug-likeness (QED) is 0.465. The zero-order chi connectivity index (χ0) is 21.9. The van der Waals surface area contributed by atoms with Crippen LogP contribution in [0.25, 0.3) is 21.8 Å². The van der Waals surface area contributed by atoms with Crippen molar-refractivity contribution in [1.82, 2.24) is 20.3 Å². The first-order chi connectivity index (χ1) is 15.7. The molecule has 4 aromatic rings. The Balaban J connectivity index is 1.65. The molecule has 5 nitrogen and oxygen atoms in total. The maximum atomic E-state index is 5.15.